The highest BCUT2D eigenvalue weighted by Gasteiger charge is 2.13. The second kappa shape index (κ2) is 5.35. The quantitative estimate of drug-likeness (QED) is 0.793. The van der Waals surface area contributed by atoms with Gasteiger partial charge in [-0.15, -0.1) is 5.10 Å². The van der Waals surface area contributed by atoms with Crippen LogP contribution in [0.15, 0.2) is 30.9 Å². The van der Waals surface area contributed by atoms with Crippen LogP contribution in [0, 0.1) is 6.92 Å². The lowest BCUT2D eigenvalue weighted by Crippen LogP contribution is -2.13. The molecule has 0 unspecified atom stereocenters. The van der Waals surface area contributed by atoms with Gasteiger partial charge in [-0.25, -0.2) is 9.97 Å². The van der Waals surface area contributed by atoms with Crippen molar-refractivity contribution in [3.8, 4) is 0 Å². The Morgan fingerprint density at radius 2 is 2.29 bits per heavy atom. The molecule has 7 nitrogen and oxygen atoms in total. The molecule has 0 radical (unpaired) electrons. The molecule has 108 valence electrons. The van der Waals surface area contributed by atoms with E-state index in [1.54, 1.807) is 17.2 Å². The van der Waals surface area contributed by atoms with E-state index in [2.05, 4.69) is 27.3 Å². The van der Waals surface area contributed by atoms with Gasteiger partial charge >= 0.3 is 0 Å². The minimum atomic E-state index is -0.313. The third kappa shape index (κ3) is 2.62. The van der Waals surface area contributed by atoms with Gasteiger partial charge < -0.3 is 4.40 Å². The zero-order valence-corrected chi connectivity index (χ0v) is 11.9. The number of pyridine rings is 1. The van der Waals surface area contributed by atoms with Crippen LogP contribution >= 0.6 is 0 Å². The van der Waals surface area contributed by atoms with Crippen LogP contribution in [0.1, 0.15) is 29.4 Å². The Hall–Kier alpha value is -2.70. The van der Waals surface area contributed by atoms with Crippen LogP contribution in [-0.4, -0.2) is 30.1 Å². The van der Waals surface area contributed by atoms with Gasteiger partial charge in [0.2, 0.25) is 5.95 Å². The number of nitrogens with zero attached hydrogens (tertiary/aromatic N) is 5. The molecule has 0 bridgehead atoms. The summed E-state index contributed by atoms with van der Waals surface area (Å²) in [6, 6.07) is 3.87. The molecule has 7 heteroatoms. The standard InChI is InChI=1S/C14H16N6O/c1-3-6-20-9-15-14(18-20)17-13(21)11-8-19-7-4-5-10(2)12(19)16-11/h4-5,7-9H,3,6H2,1-2H3,(H,17,18,21). The van der Waals surface area contributed by atoms with Crippen molar-refractivity contribution in [1.82, 2.24) is 24.1 Å². The van der Waals surface area contributed by atoms with E-state index >= 15 is 0 Å². The Balaban J connectivity index is 1.81. The maximum absolute atomic E-state index is 12.2. The summed E-state index contributed by atoms with van der Waals surface area (Å²) < 4.78 is 3.52. The molecule has 3 heterocycles. The zero-order valence-electron chi connectivity index (χ0n) is 11.9. The molecule has 0 atom stereocenters. The molecule has 3 aromatic rings. The van der Waals surface area contributed by atoms with Crippen LogP contribution in [0.3, 0.4) is 0 Å². The molecule has 0 aliphatic rings. The van der Waals surface area contributed by atoms with Gasteiger partial charge in [-0.3, -0.25) is 14.8 Å². The van der Waals surface area contributed by atoms with E-state index in [0.29, 0.717) is 11.6 Å². The average molecular weight is 284 g/mol. The molecule has 1 N–H and O–H groups in total. The number of nitrogens with one attached hydrogen (secondary N) is 1. The van der Waals surface area contributed by atoms with Crippen molar-refractivity contribution in [1.29, 1.82) is 0 Å². The average Bonchev–Trinajstić information content (AvgIpc) is 3.07. The summed E-state index contributed by atoms with van der Waals surface area (Å²) in [4.78, 5) is 20.6. The van der Waals surface area contributed by atoms with Crippen molar-refractivity contribution in [3.63, 3.8) is 0 Å². The molecule has 3 rings (SSSR count). The molecule has 1 amide bonds. The summed E-state index contributed by atoms with van der Waals surface area (Å²) in [6.45, 7) is 4.79. The van der Waals surface area contributed by atoms with Crippen molar-refractivity contribution < 1.29 is 4.79 Å². The number of amides is 1. The van der Waals surface area contributed by atoms with Crippen molar-refractivity contribution in [2.24, 2.45) is 0 Å². The van der Waals surface area contributed by atoms with E-state index in [9.17, 15) is 4.79 Å². The third-order valence-corrected chi connectivity index (χ3v) is 3.13. The van der Waals surface area contributed by atoms with Crippen molar-refractivity contribution >= 4 is 17.5 Å². The van der Waals surface area contributed by atoms with Crippen LogP contribution in [-0.2, 0) is 6.54 Å². The van der Waals surface area contributed by atoms with Gasteiger partial charge in [0, 0.05) is 18.9 Å². The fourth-order valence-electron chi connectivity index (χ4n) is 2.12. The maximum atomic E-state index is 12.2. The number of imidazole rings is 1. The van der Waals surface area contributed by atoms with Gasteiger partial charge in [0.05, 0.1) is 0 Å². The lowest BCUT2D eigenvalue weighted by Gasteiger charge is -1.97. The normalized spacial score (nSPS) is 11.0. The zero-order chi connectivity index (χ0) is 14.8. The topological polar surface area (TPSA) is 77.1 Å². The Kier molecular flexibility index (Phi) is 3.39. The number of aromatic nitrogens is 5. The minimum absolute atomic E-state index is 0.294. The smallest absolute Gasteiger partial charge is 0.278 e. The van der Waals surface area contributed by atoms with Crippen molar-refractivity contribution in [2.45, 2.75) is 26.8 Å². The van der Waals surface area contributed by atoms with Crippen molar-refractivity contribution in [3.05, 3.63) is 42.1 Å². The Morgan fingerprint density at radius 3 is 3.05 bits per heavy atom. The van der Waals surface area contributed by atoms with E-state index in [1.165, 1.54) is 0 Å². The van der Waals surface area contributed by atoms with E-state index < -0.39 is 0 Å². The number of anilines is 1. The first-order valence-electron chi connectivity index (χ1n) is 6.82. The SMILES string of the molecule is CCCn1cnc(NC(=O)c2cn3cccc(C)c3n2)n1. The fraction of sp³-hybridized carbons (Fsp3) is 0.286. The first-order valence-corrected chi connectivity index (χ1v) is 6.82. The fourth-order valence-corrected chi connectivity index (χ4v) is 2.12. The van der Waals surface area contributed by atoms with E-state index in [4.69, 9.17) is 0 Å². The van der Waals surface area contributed by atoms with Gasteiger partial charge in [0.1, 0.15) is 17.7 Å². The molecular weight excluding hydrogens is 268 g/mol. The predicted octanol–water partition coefficient (Wildman–Crippen LogP) is 1.90. The van der Waals surface area contributed by atoms with Gasteiger partial charge in [0.15, 0.2) is 0 Å². The molecule has 0 spiro atoms. The number of rotatable bonds is 4. The van der Waals surface area contributed by atoms with E-state index in [1.807, 2.05) is 29.7 Å². The summed E-state index contributed by atoms with van der Waals surface area (Å²) in [5.74, 6) is -0.0189. The van der Waals surface area contributed by atoms with E-state index in [-0.39, 0.29) is 5.91 Å². The predicted molar refractivity (Wildman–Crippen MR) is 78.2 cm³/mol. The number of hydrogen-bond acceptors (Lipinski definition) is 4. The molecule has 0 aromatic carbocycles. The van der Waals surface area contributed by atoms with Crippen LogP contribution in [0.25, 0.3) is 5.65 Å². The monoisotopic (exact) mass is 284 g/mol. The molecule has 0 saturated heterocycles. The first kappa shape index (κ1) is 13.3. The summed E-state index contributed by atoms with van der Waals surface area (Å²) >= 11 is 0. The molecule has 0 aliphatic carbocycles. The summed E-state index contributed by atoms with van der Waals surface area (Å²) in [5, 5.41) is 6.84. The first-order chi connectivity index (χ1) is 10.2. The molecule has 21 heavy (non-hydrogen) atoms. The lowest BCUT2D eigenvalue weighted by atomic mass is 10.3. The molecule has 0 saturated carbocycles. The van der Waals surface area contributed by atoms with Gasteiger partial charge in [-0.1, -0.05) is 13.0 Å². The second-order valence-corrected chi connectivity index (χ2v) is 4.83. The van der Waals surface area contributed by atoms with Crippen LogP contribution in [0.5, 0.6) is 0 Å². The number of aryl methyl sites for hydroxylation is 2. The highest BCUT2D eigenvalue weighted by atomic mass is 16.2. The van der Waals surface area contributed by atoms with E-state index in [0.717, 1.165) is 24.2 Å². The lowest BCUT2D eigenvalue weighted by molar-refractivity contribution is 0.102. The number of carbonyl (C=O) groups excluding carboxylic acids is 1. The van der Waals surface area contributed by atoms with Gasteiger partial charge in [-0.2, -0.15) is 0 Å². The largest absolute Gasteiger partial charge is 0.306 e. The highest BCUT2D eigenvalue weighted by Crippen LogP contribution is 2.11. The Bertz CT molecular complexity index is 788. The minimum Gasteiger partial charge on any atom is -0.306 e. The molecule has 0 fully saturated rings. The number of carbonyl (C=O) groups is 1. The van der Waals surface area contributed by atoms with Gasteiger partial charge in [-0.05, 0) is 25.0 Å². The van der Waals surface area contributed by atoms with Crippen molar-refractivity contribution in [2.75, 3.05) is 5.32 Å². The molecule has 0 aliphatic heterocycles. The maximum Gasteiger partial charge on any atom is 0.278 e. The summed E-state index contributed by atoms with van der Waals surface area (Å²) in [7, 11) is 0. The molecule has 3 aromatic heterocycles. The van der Waals surface area contributed by atoms with Crippen LogP contribution in [0.4, 0.5) is 5.95 Å². The van der Waals surface area contributed by atoms with Crippen LogP contribution < -0.4 is 5.32 Å². The van der Waals surface area contributed by atoms with Crippen LogP contribution in [0.2, 0.25) is 0 Å². The summed E-state index contributed by atoms with van der Waals surface area (Å²) in [5.41, 5.74) is 2.13. The Morgan fingerprint density at radius 1 is 1.43 bits per heavy atom. The van der Waals surface area contributed by atoms with Gasteiger partial charge in [0.25, 0.3) is 5.91 Å². The Labute approximate surface area is 121 Å². The molecular formula is C14H16N6O. The second-order valence-electron chi connectivity index (χ2n) is 4.83. The third-order valence-electron chi connectivity index (χ3n) is 3.13. The highest BCUT2D eigenvalue weighted by molar-refractivity contribution is 6.02. The summed E-state index contributed by atoms with van der Waals surface area (Å²) in [6.07, 6.45) is 6.12. The number of fused-ring (bicyclic) bond motifs is 1. The number of hydrogen-bond donors (Lipinski definition) is 1.